The van der Waals surface area contributed by atoms with Crippen molar-refractivity contribution in [2.75, 3.05) is 6.54 Å². The van der Waals surface area contributed by atoms with Crippen LogP contribution in [0.4, 0.5) is 4.79 Å². The van der Waals surface area contributed by atoms with Crippen molar-refractivity contribution in [3.8, 4) is 0 Å². The minimum Gasteiger partial charge on any atom is -0.445 e. The number of carbonyl (C=O) groups excluding carboxylic acids is 3. The summed E-state index contributed by atoms with van der Waals surface area (Å²) in [5, 5.41) is 2.77. The molecule has 0 saturated carbocycles. The monoisotopic (exact) mass is 394 g/mol. The van der Waals surface area contributed by atoms with Gasteiger partial charge in [0.15, 0.2) is 5.78 Å². The van der Waals surface area contributed by atoms with Gasteiger partial charge in [-0.15, -0.1) is 0 Å². The number of piperidine rings is 1. The van der Waals surface area contributed by atoms with E-state index in [2.05, 4.69) is 5.32 Å². The first-order valence-corrected chi connectivity index (χ1v) is 9.93. The Kier molecular flexibility index (Phi) is 7.00. The zero-order valence-electron chi connectivity index (χ0n) is 16.5. The number of amides is 2. The number of nitrogens with one attached hydrogen (secondary N) is 1. The number of nitrogens with zero attached hydrogens (tertiary/aromatic N) is 1. The fourth-order valence-corrected chi connectivity index (χ4v) is 3.45. The minimum absolute atomic E-state index is 0.159. The van der Waals surface area contributed by atoms with Crippen LogP contribution in [0.3, 0.4) is 0 Å². The minimum atomic E-state index is -0.672. The van der Waals surface area contributed by atoms with Crippen molar-refractivity contribution < 1.29 is 19.1 Å². The number of hydrogen-bond donors (Lipinski definition) is 1. The van der Waals surface area contributed by atoms with Crippen LogP contribution in [0, 0.1) is 0 Å². The number of Topliss-reactive ketones (excluding diaryl/α,β-unsaturated/α-hetero) is 1. The van der Waals surface area contributed by atoms with Crippen molar-refractivity contribution in [3.05, 3.63) is 71.8 Å². The molecule has 0 spiro atoms. The number of ether oxygens (including phenoxy) is 1. The van der Waals surface area contributed by atoms with Gasteiger partial charge in [-0.2, -0.15) is 0 Å². The van der Waals surface area contributed by atoms with Gasteiger partial charge in [-0.25, -0.2) is 4.79 Å². The molecule has 6 heteroatoms. The van der Waals surface area contributed by atoms with E-state index < -0.39 is 18.2 Å². The molecule has 1 saturated heterocycles. The van der Waals surface area contributed by atoms with E-state index in [-0.39, 0.29) is 18.3 Å². The second-order valence-corrected chi connectivity index (χ2v) is 7.21. The van der Waals surface area contributed by atoms with Gasteiger partial charge in [0, 0.05) is 12.1 Å². The second-order valence-electron chi connectivity index (χ2n) is 7.21. The van der Waals surface area contributed by atoms with Gasteiger partial charge in [-0.3, -0.25) is 14.5 Å². The first-order chi connectivity index (χ1) is 14.1. The van der Waals surface area contributed by atoms with E-state index in [4.69, 9.17) is 4.74 Å². The Bertz CT molecular complexity index is 838. The average molecular weight is 394 g/mol. The van der Waals surface area contributed by atoms with Crippen LogP contribution in [-0.2, 0) is 16.1 Å². The molecule has 1 N–H and O–H groups in total. The van der Waals surface area contributed by atoms with Crippen molar-refractivity contribution in [2.24, 2.45) is 0 Å². The zero-order chi connectivity index (χ0) is 20.6. The molecule has 1 aliphatic heterocycles. The second kappa shape index (κ2) is 9.87. The molecular formula is C23H26N2O4. The molecule has 0 aromatic heterocycles. The first kappa shape index (κ1) is 20.6. The summed E-state index contributed by atoms with van der Waals surface area (Å²) in [4.78, 5) is 39.4. The lowest BCUT2D eigenvalue weighted by molar-refractivity contribution is -0.127. The number of benzene rings is 2. The molecule has 2 amide bonds. The van der Waals surface area contributed by atoms with Gasteiger partial charge < -0.3 is 10.1 Å². The molecule has 2 aromatic rings. The predicted molar refractivity (Wildman–Crippen MR) is 109 cm³/mol. The van der Waals surface area contributed by atoms with E-state index in [9.17, 15) is 14.4 Å². The molecule has 2 atom stereocenters. The van der Waals surface area contributed by atoms with E-state index in [1.54, 1.807) is 31.2 Å². The van der Waals surface area contributed by atoms with Gasteiger partial charge in [0.1, 0.15) is 12.6 Å². The van der Waals surface area contributed by atoms with Gasteiger partial charge >= 0.3 is 6.09 Å². The van der Waals surface area contributed by atoms with Crippen LogP contribution in [-0.4, -0.2) is 41.3 Å². The molecule has 0 bridgehead atoms. The van der Waals surface area contributed by atoms with Gasteiger partial charge in [-0.05, 0) is 31.7 Å². The molecule has 152 valence electrons. The van der Waals surface area contributed by atoms with E-state index in [0.717, 1.165) is 18.4 Å². The van der Waals surface area contributed by atoms with Crippen molar-refractivity contribution in [1.29, 1.82) is 0 Å². The average Bonchev–Trinajstić information content (AvgIpc) is 2.78. The molecule has 1 unspecified atom stereocenters. The molecule has 0 aliphatic carbocycles. The van der Waals surface area contributed by atoms with E-state index in [1.807, 2.05) is 36.4 Å². The zero-order valence-corrected chi connectivity index (χ0v) is 16.5. The molecule has 0 radical (unpaired) electrons. The maximum atomic E-state index is 12.8. The maximum absolute atomic E-state index is 12.8. The van der Waals surface area contributed by atoms with Crippen LogP contribution in [0.5, 0.6) is 0 Å². The summed E-state index contributed by atoms with van der Waals surface area (Å²) in [6.07, 6.45) is 1.72. The van der Waals surface area contributed by atoms with E-state index >= 15 is 0 Å². The van der Waals surface area contributed by atoms with E-state index in [0.29, 0.717) is 18.5 Å². The number of hydrogen-bond acceptors (Lipinski definition) is 4. The summed E-state index contributed by atoms with van der Waals surface area (Å²) in [5.41, 5.74) is 1.43. The van der Waals surface area contributed by atoms with Gasteiger partial charge in [0.25, 0.3) is 0 Å². The summed E-state index contributed by atoms with van der Waals surface area (Å²) in [6.45, 7) is 2.29. The van der Waals surface area contributed by atoms with Crippen molar-refractivity contribution in [3.63, 3.8) is 0 Å². The van der Waals surface area contributed by atoms with E-state index in [1.165, 1.54) is 4.90 Å². The quantitative estimate of drug-likeness (QED) is 0.760. The third-order valence-electron chi connectivity index (χ3n) is 5.06. The van der Waals surface area contributed by atoms with Crippen molar-refractivity contribution in [1.82, 2.24) is 10.2 Å². The molecule has 2 aromatic carbocycles. The molecule has 1 heterocycles. The summed E-state index contributed by atoms with van der Waals surface area (Å²) in [7, 11) is 0. The normalized spacial score (nSPS) is 17.3. The number of ketones is 1. The fraction of sp³-hybridized carbons (Fsp3) is 0.348. The smallest absolute Gasteiger partial charge is 0.410 e. The Labute approximate surface area is 170 Å². The van der Waals surface area contributed by atoms with Gasteiger partial charge in [0.05, 0.1) is 6.04 Å². The third kappa shape index (κ3) is 5.44. The Hall–Kier alpha value is -3.15. The molecule has 1 fully saturated rings. The number of rotatable bonds is 6. The van der Waals surface area contributed by atoms with Gasteiger partial charge in [-0.1, -0.05) is 60.7 Å². The predicted octanol–water partition coefficient (Wildman–Crippen LogP) is 3.57. The Morgan fingerprint density at radius 2 is 1.69 bits per heavy atom. The largest absolute Gasteiger partial charge is 0.445 e. The summed E-state index contributed by atoms with van der Waals surface area (Å²) < 4.78 is 5.41. The lowest BCUT2D eigenvalue weighted by Gasteiger charge is -2.34. The van der Waals surface area contributed by atoms with Crippen molar-refractivity contribution in [2.45, 2.75) is 44.9 Å². The Balaban J connectivity index is 1.60. The lowest BCUT2D eigenvalue weighted by atomic mass is 10.0. The summed E-state index contributed by atoms with van der Waals surface area (Å²) in [6, 6.07) is 17.0. The summed E-state index contributed by atoms with van der Waals surface area (Å²) in [5.74, 6) is -0.480. The first-order valence-electron chi connectivity index (χ1n) is 9.93. The Morgan fingerprint density at radius 3 is 2.38 bits per heavy atom. The fourth-order valence-electron chi connectivity index (χ4n) is 3.45. The van der Waals surface area contributed by atoms with Crippen LogP contribution in [0.15, 0.2) is 60.7 Å². The molecule has 29 heavy (non-hydrogen) atoms. The SMILES string of the molecule is CC(NC(=O)[C@@H]1CCCCN1C(=O)OCc1ccccc1)C(=O)c1ccccc1. The van der Waals surface area contributed by atoms with Gasteiger partial charge in [0.2, 0.25) is 5.91 Å². The molecule has 6 nitrogen and oxygen atoms in total. The summed E-state index contributed by atoms with van der Waals surface area (Å²) >= 11 is 0. The van der Waals surface area contributed by atoms with Crippen LogP contribution >= 0.6 is 0 Å². The van der Waals surface area contributed by atoms with Crippen LogP contribution in [0.25, 0.3) is 0 Å². The highest BCUT2D eigenvalue weighted by atomic mass is 16.6. The lowest BCUT2D eigenvalue weighted by Crippen LogP contribution is -2.54. The number of likely N-dealkylation sites (tertiary alicyclic amines) is 1. The highest BCUT2D eigenvalue weighted by Crippen LogP contribution is 2.19. The molecule has 3 rings (SSSR count). The van der Waals surface area contributed by atoms with Crippen molar-refractivity contribution >= 4 is 17.8 Å². The van der Waals surface area contributed by atoms with Crippen LogP contribution in [0.1, 0.15) is 42.1 Å². The highest BCUT2D eigenvalue weighted by molar-refractivity contribution is 6.02. The maximum Gasteiger partial charge on any atom is 0.410 e. The van der Waals surface area contributed by atoms with Crippen LogP contribution < -0.4 is 5.32 Å². The number of carbonyl (C=O) groups is 3. The third-order valence-corrected chi connectivity index (χ3v) is 5.06. The topological polar surface area (TPSA) is 75.7 Å². The highest BCUT2D eigenvalue weighted by Gasteiger charge is 2.34. The van der Waals surface area contributed by atoms with Crippen LogP contribution in [0.2, 0.25) is 0 Å². The molecular weight excluding hydrogens is 368 g/mol. The standard InChI is InChI=1S/C23H26N2O4/c1-17(21(26)19-12-6-3-7-13-19)24-22(27)20-14-8-9-15-25(20)23(28)29-16-18-10-4-2-5-11-18/h2-7,10-13,17,20H,8-9,14-16H2,1H3,(H,24,27)/t17?,20-/m0/s1. The Morgan fingerprint density at radius 1 is 1.03 bits per heavy atom. The molecule has 1 aliphatic rings.